The SMILES string of the molecule is CN=C(NCCc1ccccc1Cl)NCCc1nnc2ccccn12. The highest BCUT2D eigenvalue weighted by Crippen LogP contribution is 2.14. The predicted octanol–water partition coefficient (Wildman–Crippen LogP) is 2.33. The maximum Gasteiger partial charge on any atom is 0.191 e. The first-order chi connectivity index (χ1) is 12.3. The van der Waals surface area contributed by atoms with Crippen LogP contribution in [0.3, 0.4) is 0 Å². The van der Waals surface area contributed by atoms with Gasteiger partial charge in [0.05, 0.1) is 0 Å². The molecule has 130 valence electrons. The Morgan fingerprint density at radius 2 is 1.80 bits per heavy atom. The minimum Gasteiger partial charge on any atom is -0.356 e. The number of nitrogens with zero attached hydrogens (tertiary/aromatic N) is 4. The highest BCUT2D eigenvalue weighted by Gasteiger charge is 2.05. The summed E-state index contributed by atoms with van der Waals surface area (Å²) in [7, 11) is 1.76. The lowest BCUT2D eigenvalue weighted by atomic mass is 10.1. The molecule has 0 aliphatic carbocycles. The fourth-order valence-corrected chi connectivity index (χ4v) is 2.82. The molecular formula is C18H21ClN6. The molecule has 6 nitrogen and oxygen atoms in total. The van der Waals surface area contributed by atoms with Gasteiger partial charge in [-0.1, -0.05) is 35.9 Å². The van der Waals surface area contributed by atoms with Gasteiger partial charge in [-0.2, -0.15) is 0 Å². The molecule has 0 saturated carbocycles. The van der Waals surface area contributed by atoms with Crippen LogP contribution in [0, 0.1) is 0 Å². The van der Waals surface area contributed by atoms with Gasteiger partial charge in [0.1, 0.15) is 5.82 Å². The van der Waals surface area contributed by atoms with E-state index in [2.05, 4.69) is 25.8 Å². The van der Waals surface area contributed by atoms with Crippen LogP contribution in [0.25, 0.3) is 5.65 Å². The summed E-state index contributed by atoms with van der Waals surface area (Å²) in [5, 5.41) is 15.8. The summed E-state index contributed by atoms with van der Waals surface area (Å²) in [6.45, 7) is 1.48. The van der Waals surface area contributed by atoms with Gasteiger partial charge in [0.2, 0.25) is 0 Å². The lowest BCUT2D eigenvalue weighted by Gasteiger charge is -2.12. The van der Waals surface area contributed by atoms with Crippen molar-refractivity contribution in [1.82, 2.24) is 25.2 Å². The first kappa shape index (κ1) is 17.2. The van der Waals surface area contributed by atoms with Crippen molar-refractivity contribution in [1.29, 1.82) is 0 Å². The molecule has 0 radical (unpaired) electrons. The Morgan fingerprint density at radius 3 is 2.60 bits per heavy atom. The zero-order chi connectivity index (χ0) is 17.5. The maximum absolute atomic E-state index is 6.17. The van der Waals surface area contributed by atoms with Crippen molar-refractivity contribution < 1.29 is 0 Å². The number of hydrogen-bond acceptors (Lipinski definition) is 3. The average Bonchev–Trinajstić information content (AvgIpc) is 3.05. The van der Waals surface area contributed by atoms with Crippen molar-refractivity contribution in [2.45, 2.75) is 12.8 Å². The normalized spacial score (nSPS) is 11.7. The van der Waals surface area contributed by atoms with Crippen LogP contribution in [0.5, 0.6) is 0 Å². The summed E-state index contributed by atoms with van der Waals surface area (Å²) < 4.78 is 2.00. The van der Waals surface area contributed by atoms with Gasteiger partial charge < -0.3 is 10.6 Å². The van der Waals surface area contributed by atoms with Gasteiger partial charge in [-0.3, -0.25) is 9.39 Å². The summed E-state index contributed by atoms with van der Waals surface area (Å²) in [6.07, 6.45) is 3.58. The number of rotatable bonds is 6. The number of aliphatic imine (C=N–C) groups is 1. The van der Waals surface area contributed by atoms with E-state index < -0.39 is 0 Å². The van der Waals surface area contributed by atoms with Crippen molar-refractivity contribution in [2.75, 3.05) is 20.1 Å². The number of pyridine rings is 1. The monoisotopic (exact) mass is 356 g/mol. The molecule has 25 heavy (non-hydrogen) atoms. The zero-order valence-corrected chi connectivity index (χ0v) is 14.9. The van der Waals surface area contributed by atoms with Crippen LogP contribution in [0.1, 0.15) is 11.4 Å². The standard InChI is InChI=1S/C18H21ClN6/c1-20-18(21-11-9-14-6-2-3-7-15(14)19)22-12-10-17-24-23-16-8-4-5-13-25(16)17/h2-8,13H,9-12H2,1H3,(H2,20,21,22). The van der Waals surface area contributed by atoms with Gasteiger partial charge in [-0.15, -0.1) is 10.2 Å². The average molecular weight is 357 g/mol. The number of aromatic nitrogens is 3. The lowest BCUT2D eigenvalue weighted by molar-refractivity contribution is 0.756. The second-order valence-corrected chi connectivity index (χ2v) is 5.97. The van der Waals surface area contributed by atoms with Crippen LogP contribution < -0.4 is 10.6 Å². The van der Waals surface area contributed by atoms with Gasteiger partial charge in [0.15, 0.2) is 11.6 Å². The first-order valence-corrected chi connectivity index (χ1v) is 8.62. The number of halogens is 1. The Balaban J connectivity index is 1.46. The van der Waals surface area contributed by atoms with Crippen LogP contribution in [-0.2, 0) is 12.8 Å². The molecule has 0 fully saturated rings. The van der Waals surface area contributed by atoms with Crippen LogP contribution in [0.15, 0.2) is 53.7 Å². The number of nitrogens with one attached hydrogen (secondary N) is 2. The highest BCUT2D eigenvalue weighted by molar-refractivity contribution is 6.31. The molecule has 7 heteroatoms. The molecule has 2 N–H and O–H groups in total. The van der Waals surface area contributed by atoms with Gasteiger partial charge in [0.25, 0.3) is 0 Å². The summed E-state index contributed by atoms with van der Waals surface area (Å²) in [6, 6.07) is 13.8. The van der Waals surface area contributed by atoms with Crippen molar-refractivity contribution >= 4 is 23.2 Å². The molecule has 0 atom stereocenters. The second kappa shape index (κ2) is 8.48. The number of fused-ring (bicyclic) bond motifs is 1. The van der Waals surface area contributed by atoms with Crippen LogP contribution in [-0.4, -0.2) is 40.7 Å². The Kier molecular flexibility index (Phi) is 5.85. The zero-order valence-electron chi connectivity index (χ0n) is 14.1. The van der Waals surface area contributed by atoms with E-state index in [1.807, 2.05) is 53.1 Å². The number of benzene rings is 1. The van der Waals surface area contributed by atoms with Gasteiger partial charge >= 0.3 is 0 Å². The van der Waals surface area contributed by atoms with Crippen molar-refractivity contribution in [3.8, 4) is 0 Å². The quantitative estimate of drug-likeness (QED) is 0.525. The minimum absolute atomic E-state index is 0.724. The third-order valence-corrected chi connectivity index (χ3v) is 4.26. The van der Waals surface area contributed by atoms with E-state index in [-0.39, 0.29) is 0 Å². The van der Waals surface area contributed by atoms with Gasteiger partial charge in [-0.25, -0.2) is 0 Å². The minimum atomic E-state index is 0.724. The number of guanidine groups is 1. The topological polar surface area (TPSA) is 66.6 Å². The second-order valence-electron chi connectivity index (χ2n) is 5.56. The van der Waals surface area contributed by atoms with Crippen molar-refractivity contribution in [3.05, 3.63) is 65.1 Å². The van der Waals surface area contributed by atoms with Crippen LogP contribution in [0.2, 0.25) is 5.02 Å². The predicted molar refractivity (Wildman–Crippen MR) is 101 cm³/mol. The van der Waals surface area contributed by atoms with Crippen LogP contribution >= 0.6 is 11.6 Å². The third-order valence-electron chi connectivity index (χ3n) is 3.89. The molecule has 1 aromatic carbocycles. The molecule has 0 unspecified atom stereocenters. The van der Waals surface area contributed by atoms with E-state index in [9.17, 15) is 0 Å². The molecule has 0 amide bonds. The van der Waals surface area contributed by atoms with E-state index >= 15 is 0 Å². The van der Waals surface area contributed by atoms with E-state index in [1.165, 1.54) is 0 Å². The fraction of sp³-hybridized carbons (Fsp3) is 0.278. The molecule has 2 heterocycles. The van der Waals surface area contributed by atoms with Gasteiger partial charge in [0, 0.05) is 37.8 Å². The van der Waals surface area contributed by atoms with E-state index in [1.54, 1.807) is 7.05 Å². The molecule has 0 spiro atoms. The number of hydrogen-bond donors (Lipinski definition) is 2. The summed E-state index contributed by atoms with van der Waals surface area (Å²) >= 11 is 6.17. The first-order valence-electron chi connectivity index (χ1n) is 8.24. The molecule has 0 aliphatic rings. The van der Waals surface area contributed by atoms with Crippen molar-refractivity contribution in [3.63, 3.8) is 0 Å². The Morgan fingerprint density at radius 1 is 1.04 bits per heavy atom. The molecular weight excluding hydrogens is 336 g/mol. The molecule has 0 aliphatic heterocycles. The third kappa shape index (κ3) is 4.48. The lowest BCUT2D eigenvalue weighted by Crippen LogP contribution is -2.39. The molecule has 0 saturated heterocycles. The van der Waals surface area contributed by atoms with Crippen LogP contribution in [0.4, 0.5) is 0 Å². The Labute approximate surface area is 152 Å². The Bertz CT molecular complexity index is 857. The highest BCUT2D eigenvalue weighted by atomic mass is 35.5. The molecule has 2 aromatic heterocycles. The largest absolute Gasteiger partial charge is 0.356 e. The summed E-state index contributed by atoms with van der Waals surface area (Å²) in [5.41, 5.74) is 1.99. The van der Waals surface area contributed by atoms with Crippen molar-refractivity contribution in [2.24, 2.45) is 4.99 Å². The Hall–Kier alpha value is -2.60. The fourth-order valence-electron chi connectivity index (χ4n) is 2.59. The van der Waals surface area contributed by atoms with Gasteiger partial charge in [-0.05, 0) is 30.2 Å². The smallest absolute Gasteiger partial charge is 0.191 e. The summed E-state index contributed by atoms with van der Waals surface area (Å²) in [5.74, 6) is 1.69. The maximum atomic E-state index is 6.17. The molecule has 0 bridgehead atoms. The summed E-state index contributed by atoms with van der Waals surface area (Å²) in [4.78, 5) is 4.24. The van der Waals surface area contributed by atoms with E-state index in [0.29, 0.717) is 0 Å². The van der Waals surface area contributed by atoms with E-state index in [0.717, 1.165) is 53.9 Å². The van der Waals surface area contributed by atoms with E-state index in [4.69, 9.17) is 11.6 Å². The molecule has 3 rings (SSSR count). The molecule has 3 aromatic rings.